The number of benzene rings is 2. The third kappa shape index (κ3) is 4.76. The molecule has 0 N–H and O–H groups in total. The molecule has 2 aromatic carbocycles. The molecule has 0 atom stereocenters. The van der Waals surface area contributed by atoms with E-state index >= 15 is 0 Å². The normalized spacial score (nSPS) is 10.9. The van der Waals surface area contributed by atoms with Gasteiger partial charge in [-0.05, 0) is 23.3 Å². The first-order valence-electron chi connectivity index (χ1n) is 6.77. The molecule has 2 nitrogen and oxygen atoms in total. The van der Waals surface area contributed by atoms with E-state index in [1.165, 1.54) is 17.7 Å². The average Bonchev–Trinajstić information content (AvgIpc) is 2.48. The van der Waals surface area contributed by atoms with E-state index in [1.54, 1.807) is 7.11 Å². The van der Waals surface area contributed by atoms with Crippen molar-refractivity contribution >= 4 is 0 Å². The van der Waals surface area contributed by atoms with Crippen molar-refractivity contribution in [3.05, 3.63) is 71.5 Å². The standard InChI is InChI=1S/C17H20FNO/c1-20-12-11-19(13-15-5-3-2-4-6-15)14-16-7-9-17(18)10-8-16/h2-10H,11-14H2,1H3. The summed E-state index contributed by atoms with van der Waals surface area (Å²) in [6.45, 7) is 3.19. The summed E-state index contributed by atoms with van der Waals surface area (Å²) in [4.78, 5) is 2.30. The van der Waals surface area contributed by atoms with Crippen LogP contribution in [-0.4, -0.2) is 25.2 Å². The van der Waals surface area contributed by atoms with Crippen molar-refractivity contribution < 1.29 is 9.13 Å². The van der Waals surface area contributed by atoms with E-state index in [0.29, 0.717) is 6.61 Å². The topological polar surface area (TPSA) is 12.5 Å². The third-order valence-electron chi connectivity index (χ3n) is 3.18. The number of nitrogens with zero attached hydrogens (tertiary/aromatic N) is 1. The van der Waals surface area contributed by atoms with Gasteiger partial charge in [0.05, 0.1) is 6.61 Å². The van der Waals surface area contributed by atoms with Gasteiger partial charge >= 0.3 is 0 Å². The first-order valence-corrected chi connectivity index (χ1v) is 6.77. The van der Waals surface area contributed by atoms with Crippen LogP contribution in [0.5, 0.6) is 0 Å². The molecule has 0 aromatic heterocycles. The molecule has 0 saturated carbocycles. The Morgan fingerprint density at radius 3 is 2.10 bits per heavy atom. The summed E-state index contributed by atoms with van der Waals surface area (Å²) >= 11 is 0. The number of halogens is 1. The smallest absolute Gasteiger partial charge is 0.123 e. The molecular formula is C17H20FNO. The second-order valence-corrected chi connectivity index (χ2v) is 4.82. The van der Waals surface area contributed by atoms with Gasteiger partial charge in [-0.2, -0.15) is 0 Å². The Balaban J connectivity index is 2.01. The van der Waals surface area contributed by atoms with E-state index in [0.717, 1.165) is 25.2 Å². The van der Waals surface area contributed by atoms with Crippen LogP contribution in [0.4, 0.5) is 4.39 Å². The highest BCUT2D eigenvalue weighted by Gasteiger charge is 2.07. The maximum atomic E-state index is 12.9. The molecule has 3 heteroatoms. The predicted octanol–water partition coefficient (Wildman–Crippen LogP) is 3.47. The molecule has 0 unspecified atom stereocenters. The van der Waals surface area contributed by atoms with Crippen LogP contribution in [0.3, 0.4) is 0 Å². The van der Waals surface area contributed by atoms with Gasteiger partial charge in [0.2, 0.25) is 0 Å². The summed E-state index contributed by atoms with van der Waals surface area (Å²) in [5, 5.41) is 0. The fourth-order valence-corrected chi connectivity index (χ4v) is 2.12. The first-order chi connectivity index (χ1) is 9.78. The fourth-order valence-electron chi connectivity index (χ4n) is 2.12. The van der Waals surface area contributed by atoms with Gasteiger partial charge < -0.3 is 4.74 Å². The molecule has 0 spiro atoms. The Morgan fingerprint density at radius 1 is 0.900 bits per heavy atom. The van der Waals surface area contributed by atoms with E-state index in [2.05, 4.69) is 17.0 Å². The summed E-state index contributed by atoms with van der Waals surface area (Å²) in [7, 11) is 1.71. The van der Waals surface area contributed by atoms with Crippen LogP contribution in [0, 0.1) is 5.82 Å². The van der Waals surface area contributed by atoms with E-state index in [9.17, 15) is 4.39 Å². The van der Waals surface area contributed by atoms with Gasteiger partial charge in [0, 0.05) is 26.7 Å². The maximum Gasteiger partial charge on any atom is 0.123 e. The van der Waals surface area contributed by atoms with Gasteiger partial charge in [0.25, 0.3) is 0 Å². The highest BCUT2D eigenvalue weighted by Crippen LogP contribution is 2.10. The van der Waals surface area contributed by atoms with Crippen molar-refractivity contribution in [2.75, 3.05) is 20.3 Å². The summed E-state index contributed by atoms with van der Waals surface area (Å²) < 4.78 is 18.1. The zero-order valence-corrected chi connectivity index (χ0v) is 11.8. The molecule has 0 aliphatic carbocycles. The molecule has 0 radical (unpaired) electrons. The van der Waals surface area contributed by atoms with Crippen molar-refractivity contribution in [2.24, 2.45) is 0 Å². The van der Waals surface area contributed by atoms with Crippen LogP contribution < -0.4 is 0 Å². The quantitative estimate of drug-likeness (QED) is 0.766. The second-order valence-electron chi connectivity index (χ2n) is 4.82. The maximum absolute atomic E-state index is 12.9. The van der Waals surface area contributed by atoms with E-state index in [-0.39, 0.29) is 5.82 Å². The van der Waals surface area contributed by atoms with Gasteiger partial charge in [-0.15, -0.1) is 0 Å². The molecule has 0 aliphatic rings. The van der Waals surface area contributed by atoms with Gasteiger partial charge in [-0.1, -0.05) is 42.5 Å². The highest BCUT2D eigenvalue weighted by molar-refractivity contribution is 5.17. The van der Waals surface area contributed by atoms with Crippen molar-refractivity contribution in [1.29, 1.82) is 0 Å². The molecule has 106 valence electrons. The number of rotatable bonds is 7. The molecule has 2 aromatic rings. The predicted molar refractivity (Wildman–Crippen MR) is 78.8 cm³/mol. The van der Waals surface area contributed by atoms with Crippen molar-refractivity contribution in [1.82, 2.24) is 4.90 Å². The van der Waals surface area contributed by atoms with Gasteiger partial charge in [0.15, 0.2) is 0 Å². The van der Waals surface area contributed by atoms with Gasteiger partial charge in [-0.3, -0.25) is 4.90 Å². The number of hydrogen-bond acceptors (Lipinski definition) is 2. The van der Waals surface area contributed by atoms with Crippen molar-refractivity contribution in [3.63, 3.8) is 0 Å². The van der Waals surface area contributed by atoms with Gasteiger partial charge in [-0.25, -0.2) is 4.39 Å². The lowest BCUT2D eigenvalue weighted by Crippen LogP contribution is -2.26. The highest BCUT2D eigenvalue weighted by atomic mass is 19.1. The third-order valence-corrected chi connectivity index (χ3v) is 3.18. The monoisotopic (exact) mass is 273 g/mol. The van der Waals surface area contributed by atoms with Crippen LogP contribution in [0.15, 0.2) is 54.6 Å². The minimum atomic E-state index is -0.194. The molecule has 20 heavy (non-hydrogen) atoms. The van der Waals surface area contributed by atoms with Crippen LogP contribution in [0.25, 0.3) is 0 Å². The average molecular weight is 273 g/mol. The minimum Gasteiger partial charge on any atom is -0.383 e. The Kier molecular flexibility index (Phi) is 5.71. The molecular weight excluding hydrogens is 253 g/mol. The Bertz CT molecular complexity index is 498. The minimum absolute atomic E-state index is 0.194. The molecule has 0 bridgehead atoms. The van der Waals surface area contributed by atoms with Crippen LogP contribution in [0.1, 0.15) is 11.1 Å². The number of ether oxygens (including phenoxy) is 1. The fraction of sp³-hybridized carbons (Fsp3) is 0.294. The summed E-state index contributed by atoms with van der Waals surface area (Å²) in [5.74, 6) is -0.194. The van der Waals surface area contributed by atoms with E-state index in [4.69, 9.17) is 4.74 Å². The lowest BCUT2D eigenvalue weighted by atomic mass is 10.1. The van der Waals surface area contributed by atoms with Crippen molar-refractivity contribution in [3.8, 4) is 0 Å². The molecule has 0 heterocycles. The summed E-state index contributed by atoms with van der Waals surface area (Å²) in [5.41, 5.74) is 2.38. The molecule has 0 fully saturated rings. The number of hydrogen-bond donors (Lipinski definition) is 0. The SMILES string of the molecule is COCCN(Cc1ccccc1)Cc1ccc(F)cc1. The molecule has 2 rings (SSSR count). The zero-order valence-electron chi connectivity index (χ0n) is 11.8. The Hall–Kier alpha value is -1.71. The van der Waals surface area contributed by atoms with Crippen LogP contribution in [0.2, 0.25) is 0 Å². The summed E-state index contributed by atoms with van der Waals surface area (Å²) in [6, 6.07) is 17.0. The Labute approximate surface area is 119 Å². The number of methoxy groups -OCH3 is 1. The lowest BCUT2D eigenvalue weighted by Gasteiger charge is -2.22. The largest absolute Gasteiger partial charge is 0.383 e. The molecule has 0 aliphatic heterocycles. The Morgan fingerprint density at radius 2 is 1.50 bits per heavy atom. The van der Waals surface area contributed by atoms with E-state index < -0.39 is 0 Å². The molecule has 0 saturated heterocycles. The zero-order chi connectivity index (χ0) is 14.2. The van der Waals surface area contributed by atoms with Gasteiger partial charge in [0.1, 0.15) is 5.82 Å². The second kappa shape index (κ2) is 7.78. The van der Waals surface area contributed by atoms with Crippen LogP contribution in [-0.2, 0) is 17.8 Å². The first kappa shape index (κ1) is 14.7. The van der Waals surface area contributed by atoms with Crippen LogP contribution >= 0.6 is 0 Å². The summed E-state index contributed by atoms with van der Waals surface area (Å²) in [6.07, 6.45) is 0. The molecule has 0 amide bonds. The lowest BCUT2D eigenvalue weighted by molar-refractivity contribution is 0.140. The van der Waals surface area contributed by atoms with Crippen molar-refractivity contribution in [2.45, 2.75) is 13.1 Å². The van der Waals surface area contributed by atoms with E-state index in [1.807, 2.05) is 30.3 Å².